The van der Waals surface area contributed by atoms with Crippen LogP contribution in [0.3, 0.4) is 0 Å². The van der Waals surface area contributed by atoms with Crippen molar-refractivity contribution < 1.29 is 28.5 Å². The van der Waals surface area contributed by atoms with Crippen LogP contribution in [0.2, 0.25) is 0 Å². The van der Waals surface area contributed by atoms with Crippen LogP contribution in [0.5, 0.6) is 0 Å². The molecular weight excluding hydrogens is 314 g/mol. The first-order valence-electron chi connectivity index (χ1n) is 8.74. The highest BCUT2D eigenvalue weighted by atomic mass is 16.6. The van der Waals surface area contributed by atoms with E-state index in [0.717, 1.165) is 13.0 Å². The third-order valence-corrected chi connectivity index (χ3v) is 2.68. The topological polar surface area (TPSA) is 75.3 Å². The van der Waals surface area contributed by atoms with Crippen LogP contribution in [0.4, 0.5) is 0 Å². The number of ether oxygens (including phenoxy) is 5. The standard InChI is InChI=1S/C17H35NO6/c1-15(2)18-17(19)14-23-13-12-22-11-10-21-9-8-20-6-5-7-24-16(3)4/h15-16H,5-14H2,1-4H3,(H,18,19). The zero-order valence-corrected chi connectivity index (χ0v) is 15.7. The average molecular weight is 349 g/mol. The lowest BCUT2D eigenvalue weighted by atomic mass is 10.4. The van der Waals surface area contributed by atoms with Gasteiger partial charge in [-0.3, -0.25) is 4.79 Å². The molecule has 0 aliphatic rings. The van der Waals surface area contributed by atoms with Gasteiger partial charge in [0.2, 0.25) is 5.91 Å². The van der Waals surface area contributed by atoms with Crippen LogP contribution in [0.15, 0.2) is 0 Å². The maximum Gasteiger partial charge on any atom is 0.246 e. The van der Waals surface area contributed by atoms with E-state index in [2.05, 4.69) is 5.32 Å². The predicted octanol–water partition coefficient (Wildman–Crippen LogP) is 1.39. The van der Waals surface area contributed by atoms with E-state index in [-0.39, 0.29) is 24.7 Å². The second kappa shape index (κ2) is 17.1. The molecule has 0 aromatic carbocycles. The number of amides is 1. The van der Waals surface area contributed by atoms with Gasteiger partial charge in [-0.1, -0.05) is 0 Å². The Kier molecular flexibility index (Phi) is 16.6. The van der Waals surface area contributed by atoms with E-state index in [1.54, 1.807) is 0 Å². The normalized spacial score (nSPS) is 11.4. The number of hydrogen-bond acceptors (Lipinski definition) is 6. The van der Waals surface area contributed by atoms with Gasteiger partial charge in [0, 0.05) is 19.3 Å². The molecule has 0 radical (unpaired) electrons. The Morgan fingerprint density at radius 1 is 0.750 bits per heavy atom. The number of hydrogen-bond donors (Lipinski definition) is 1. The molecule has 0 fully saturated rings. The van der Waals surface area contributed by atoms with E-state index in [4.69, 9.17) is 23.7 Å². The number of rotatable bonds is 17. The van der Waals surface area contributed by atoms with Gasteiger partial charge < -0.3 is 29.0 Å². The Balaban J connectivity index is 3.09. The molecule has 1 N–H and O–H groups in total. The fourth-order valence-electron chi connectivity index (χ4n) is 1.67. The summed E-state index contributed by atoms with van der Waals surface area (Å²) in [6.45, 7) is 12.4. The van der Waals surface area contributed by atoms with E-state index in [1.807, 2.05) is 27.7 Å². The molecule has 0 aliphatic heterocycles. The van der Waals surface area contributed by atoms with Crippen molar-refractivity contribution in [2.75, 3.05) is 59.5 Å². The van der Waals surface area contributed by atoms with Crippen molar-refractivity contribution in [2.45, 2.75) is 46.3 Å². The molecule has 0 saturated heterocycles. The quantitative estimate of drug-likeness (QED) is 0.400. The summed E-state index contributed by atoms with van der Waals surface area (Å²) in [6.07, 6.45) is 1.17. The summed E-state index contributed by atoms with van der Waals surface area (Å²) in [5.74, 6) is -0.107. The van der Waals surface area contributed by atoms with Crippen LogP contribution >= 0.6 is 0 Å². The first-order chi connectivity index (χ1) is 11.5. The molecule has 0 aromatic heterocycles. The molecule has 24 heavy (non-hydrogen) atoms. The first kappa shape index (κ1) is 23.3. The van der Waals surface area contributed by atoms with E-state index in [9.17, 15) is 4.79 Å². The molecule has 0 atom stereocenters. The molecule has 0 aromatic rings. The smallest absolute Gasteiger partial charge is 0.246 e. The molecule has 7 heteroatoms. The van der Waals surface area contributed by atoms with Crippen molar-refractivity contribution in [3.63, 3.8) is 0 Å². The number of carbonyl (C=O) groups is 1. The highest BCUT2D eigenvalue weighted by molar-refractivity contribution is 5.77. The fraction of sp³-hybridized carbons (Fsp3) is 0.941. The highest BCUT2D eigenvalue weighted by Gasteiger charge is 2.02. The number of nitrogens with one attached hydrogen (secondary N) is 1. The van der Waals surface area contributed by atoms with Crippen molar-refractivity contribution in [2.24, 2.45) is 0 Å². The molecule has 0 unspecified atom stereocenters. The van der Waals surface area contributed by atoms with Gasteiger partial charge in [-0.05, 0) is 34.1 Å². The van der Waals surface area contributed by atoms with Gasteiger partial charge in [-0.25, -0.2) is 0 Å². The lowest BCUT2D eigenvalue weighted by Gasteiger charge is -2.09. The molecule has 0 rings (SSSR count). The van der Waals surface area contributed by atoms with Crippen molar-refractivity contribution in [1.82, 2.24) is 5.32 Å². The van der Waals surface area contributed by atoms with Crippen LogP contribution in [-0.2, 0) is 28.5 Å². The van der Waals surface area contributed by atoms with Crippen LogP contribution < -0.4 is 5.32 Å². The summed E-state index contributed by atoms with van der Waals surface area (Å²) in [5, 5.41) is 2.75. The molecule has 1 amide bonds. The van der Waals surface area contributed by atoms with Crippen molar-refractivity contribution in [1.29, 1.82) is 0 Å². The van der Waals surface area contributed by atoms with Gasteiger partial charge in [0.25, 0.3) is 0 Å². The van der Waals surface area contributed by atoms with Gasteiger partial charge in [-0.2, -0.15) is 0 Å². The maximum absolute atomic E-state index is 11.3. The molecule has 144 valence electrons. The molecule has 0 heterocycles. The lowest BCUT2D eigenvalue weighted by molar-refractivity contribution is -0.126. The summed E-state index contributed by atoms with van der Waals surface area (Å²) in [4.78, 5) is 11.3. The summed E-state index contributed by atoms with van der Waals surface area (Å²) < 4.78 is 26.7. The SMILES string of the molecule is CC(C)NC(=O)COCCOCCOCCOCCCOC(C)C. The molecule has 0 aliphatic carbocycles. The Bertz CT molecular complexity index is 286. The van der Waals surface area contributed by atoms with Crippen LogP contribution in [0, 0.1) is 0 Å². The third kappa shape index (κ3) is 19.3. The molecule has 0 saturated carbocycles. The summed E-state index contributed by atoms with van der Waals surface area (Å²) >= 11 is 0. The van der Waals surface area contributed by atoms with E-state index < -0.39 is 0 Å². The summed E-state index contributed by atoms with van der Waals surface area (Å²) in [5.41, 5.74) is 0. The Hall–Kier alpha value is -0.730. The fourth-order valence-corrected chi connectivity index (χ4v) is 1.67. The lowest BCUT2D eigenvalue weighted by Crippen LogP contribution is -2.33. The predicted molar refractivity (Wildman–Crippen MR) is 92.3 cm³/mol. The van der Waals surface area contributed by atoms with Gasteiger partial charge in [0.15, 0.2) is 0 Å². The zero-order valence-electron chi connectivity index (χ0n) is 15.7. The van der Waals surface area contributed by atoms with Crippen molar-refractivity contribution in [3.8, 4) is 0 Å². The Morgan fingerprint density at radius 2 is 1.25 bits per heavy atom. The second-order valence-electron chi connectivity index (χ2n) is 5.89. The molecular formula is C17H35NO6. The van der Waals surface area contributed by atoms with Gasteiger partial charge in [0.05, 0.1) is 45.7 Å². The minimum atomic E-state index is -0.107. The van der Waals surface area contributed by atoms with Gasteiger partial charge >= 0.3 is 0 Å². The van der Waals surface area contributed by atoms with Gasteiger partial charge in [-0.15, -0.1) is 0 Å². The third-order valence-electron chi connectivity index (χ3n) is 2.68. The Morgan fingerprint density at radius 3 is 1.75 bits per heavy atom. The monoisotopic (exact) mass is 349 g/mol. The first-order valence-corrected chi connectivity index (χ1v) is 8.74. The second-order valence-corrected chi connectivity index (χ2v) is 5.89. The Labute approximate surface area is 146 Å². The van der Waals surface area contributed by atoms with E-state index >= 15 is 0 Å². The summed E-state index contributed by atoms with van der Waals surface area (Å²) in [6, 6.07) is 0.131. The molecule has 7 nitrogen and oxygen atoms in total. The number of carbonyl (C=O) groups excluding carboxylic acids is 1. The van der Waals surface area contributed by atoms with Crippen LogP contribution in [0.1, 0.15) is 34.1 Å². The zero-order chi connectivity index (χ0) is 18.0. The minimum absolute atomic E-state index is 0.0671. The summed E-state index contributed by atoms with van der Waals surface area (Å²) in [7, 11) is 0. The molecule has 0 bridgehead atoms. The van der Waals surface area contributed by atoms with Crippen molar-refractivity contribution in [3.05, 3.63) is 0 Å². The minimum Gasteiger partial charge on any atom is -0.379 e. The van der Waals surface area contributed by atoms with Crippen LogP contribution in [0.25, 0.3) is 0 Å². The van der Waals surface area contributed by atoms with Gasteiger partial charge in [0.1, 0.15) is 6.61 Å². The van der Waals surface area contributed by atoms with E-state index in [0.29, 0.717) is 46.2 Å². The van der Waals surface area contributed by atoms with E-state index in [1.165, 1.54) is 0 Å². The highest BCUT2D eigenvalue weighted by Crippen LogP contribution is 1.91. The maximum atomic E-state index is 11.3. The van der Waals surface area contributed by atoms with Crippen molar-refractivity contribution >= 4 is 5.91 Å². The largest absolute Gasteiger partial charge is 0.379 e. The average Bonchev–Trinajstić information content (AvgIpc) is 2.50. The molecule has 0 spiro atoms. The van der Waals surface area contributed by atoms with Crippen LogP contribution in [-0.4, -0.2) is 77.5 Å².